The molecule has 1 N–H and O–H groups in total. The van der Waals surface area contributed by atoms with Gasteiger partial charge < -0.3 is 15.0 Å². The van der Waals surface area contributed by atoms with Crippen LogP contribution in [-0.4, -0.2) is 47.0 Å². The fraction of sp³-hybridized carbons (Fsp3) is 0.269. The monoisotopic (exact) mass is 520 g/mol. The molecule has 2 aromatic carbocycles. The van der Waals surface area contributed by atoms with E-state index in [1.807, 2.05) is 11.0 Å². The van der Waals surface area contributed by atoms with Crippen LogP contribution in [0.5, 0.6) is 5.88 Å². The predicted molar refractivity (Wildman–Crippen MR) is 136 cm³/mol. The highest BCUT2D eigenvalue weighted by Crippen LogP contribution is 2.47. The summed E-state index contributed by atoms with van der Waals surface area (Å²) in [6.45, 7) is 2.08. The molecule has 1 aromatic heterocycles. The molecule has 1 fully saturated rings. The summed E-state index contributed by atoms with van der Waals surface area (Å²) >= 11 is 1.36. The number of amides is 1. The molecule has 0 aliphatic carbocycles. The average molecular weight is 521 g/mol. The van der Waals surface area contributed by atoms with Crippen molar-refractivity contribution in [2.45, 2.75) is 12.5 Å². The molecule has 3 aromatic rings. The van der Waals surface area contributed by atoms with Crippen molar-refractivity contribution in [3.8, 4) is 11.9 Å². The number of aromatic nitrogens is 2. The maximum Gasteiger partial charge on any atom is 0.257 e. The van der Waals surface area contributed by atoms with E-state index in [1.165, 1.54) is 44.0 Å². The lowest BCUT2D eigenvalue weighted by atomic mass is 9.81. The second-order valence-corrected chi connectivity index (χ2v) is 9.80. The van der Waals surface area contributed by atoms with Crippen LogP contribution < -0.4 is 15.0 Å². The van der Waals surface area contributed by atoms with Gasteiger partial charge in [-0.2, -0.15) is 14.6 Å². The van der Waals surface area contributed by atoms with Crippen LogP contribution in [0.4, 0.5) is 14.7 Å². The highest BCUT2D eigenvalue weighted by molar-refractivity contribution is 8.13. The first-order valence-corrected chi connectivity index (χ1v) is 12.5. The van der Waals surface area contributed by atoms with Crippen molar-refractivity contribution >= 4 is 28.8 Å². The molecule has 11 heteroatoms. The van der Waals surface area contributed by atoms with E-state index in [1.54, 1.807) is 24.3 Å². The molecule has 0 radical (unpaired) electrons. The number of hydrogen-bond donors (Lipinski definition) is 1. The number of nitrogens with one attached hydrogen (secondary N) is 1. The van der Waals surface area contributed by atoms with Gasteiger partial charge in [0.15, 0.2) is 5.17 Å². The standard InChI is InChI=1S/C26H22F2N6O2S/c1-15-21(28)23(36-2)32-24(30-15)34-12-18-13-37-25(31-22(35)17-6-4-3-5-7-17)33-26(18,14-34)19-10-16(11-29)8-9-20(19)27/h3-10,18H,12-14H2,1-2H3,(H,31,33,35)/t18-,26-/m0/s1. The highest BCUT2D eigenvalue weighted by Gasteiger charge is 2.52. The molecular weight excluding hydrogens is 498 g/mol. The molecule has 188 valence electrons. The van der Waals surface area contributed by atoms with Gasteiger partial charge in [0.2, 0.25) is 11.8 Å². The number of carbonyl (C=O) groups excluding carboxylic acids is 1. The van der Waals surface area contributed by atoms with Crippen molar-refractivity contribution in [3.05, 3.63) is 82.5 Å². The van der Waals surface area contributed by atoms with Crippen LogP contribution in [0.25, 0.3) is 0 Å². The summed E-state index contributed by atoms with van der Waals surface area (Å²) in [6.07, 6.45) is 0. The van der Waals surface area contributed by atoms with Crippen LogP contribution in [0, 0.1) is 35.8 Å². The van der Waals surface area contributed by atoms with E-state index < -0.39 is 17.2 Å². The summed E-state index contributed by atoms with van der Waals surface area (Å²) in [5.74, 6) is -1.14. The van der Waals surface area contributed by atoms with E-state index in [-0.39, 0.29) is 41.5 Å². The minimum absolute atomic E-state index is 0.122. The van der Waals surface area contributed by atoms with Crippen LogP contribution in [-0.2, 0) is 5.54 Å². The zero-order valence-corrected chi connectivity index (χ0v) is 20.9. The van der Waals surface area contributed by atoms with Crippen molar-refractivity contribution in [1.82, 2.24) is 15.3 Å². The van der Waals surface area contributed by atoms with Crippen molar-refractivity contribution in [2.24, 2.45) is 10.9 Å². The Labute approximate surface area is 216 Å². The number of amidine groups is 1. The lowest BCUT2D eigenvalue weighted by Crippen LogP contribution is -2.43. The summed E-state index contributed by atoms with van der Waals surface area (Å²) < 4.78 is 34.8. The van der Waals surface area contributed by atoms with E-state index in [9.17, 15) is 14.4 Å². The smallest absolute Gasteiger partial charge is 0.257 e. The van der Waals surface area contributed by atoms with E-state index in [0.29, 0.717) is 28.6 Å². The van der Waals surface area contributed by atoms with Crippen molar-refractivity contribution in [1.29, 1.82) is 5.26 Å². The molecule has 0 saturated carbocycles. The second kappa shape index (κ2) is 9.78. The number of aliphatic imine (C=N–C) groups is 1. The van der Waals surface area contributed by atoms with Gasteiger partial charge in [0.1, 0.15) is 11.4 Å². The van der Waals surface area contributed by atoms with Gasteiger partial charge in [0, 0.05) is 29.3 Å². The zero-order chi connectivity index (χ0) is 26.2. The van der Waals surface area contributed by atoms with Crippen LogP contribution in [0.2, 0.25) is 0 Å². The number of aryl methyl sites for hydroxylation is 1. The lowest BCUT2D eigenvalue weighted by molar-refractivity contribution is 0.0977. The normalized spacial score (nSPS) is 20.6. The third kappa shape index (κ3) is 4.49. The Bertz CT molecular complexity index is 1440. The van der Waals surface area contributed by atoms with E-state index >= 15 is 4.39 Å². The number of carbonyl (C=O) groups is 1. The van der Waals surface area contributed by atoms with Gasteiger partial charge in [0.05, 0.1) is 31.0 Å². The number of anilines is 1. The van der Waals surface area contributed by atoms with Crippen molar-refractivity contribution < 1.29 is 18.3 Å². The number of halogens is 2. The van der Waals surface area contributed by atoms with Crippen molar-refractivity contribution in [3.63, 3.8) is 0 Å². The minimum Gasteiger partial charge on any atom is -0.479 e. The Hall–Kier alpha value is -4.04. The fourth-order valence-corrected chi connectivity index (χ4v) is 5.81. The van der Waals surface area contributed by atoms with E-state index in [2.05, 4.69) is 21.4 Å². The molecule has 2 atom stereocenters. The number of fused-ring (bicyclic) bond motifs is 1. The Balaban J connectivity index is 1.58. The number of thioether (sulfide) groups is 1. The fourth-order valence-electron chi connectivity index (χ4n) is 4.67. The van der Waals surface area contributed by atoms with E-state index in [0.717, 1.165) is 0 Å². The largest absolute Gasteiger partial charge is 0.479 e. The molecule has 0 unspecified atom stereocenters. The molecule has 0 spiro atoms. The molecule has 0 bridgehead atoms. The minimum atomic E-state index is -1.14. The Morgan fingerprint density at radius 3 is 2.76 bits per heavy atom. The first-order chi connectivity index (χ1) is 17.8. The molecule has 8 nitrogen and oxygen atoms in total. The van der Waals surface area contributed by atoms with Gasteiger partial charge in [-0.15, -0.1) is 0 Å². The number of nitriles is 1. The first-order valence-electron chi connectivity index (χ1n) is 11.5. The number of nitrogens with zero attached hydrogens (tertiary/aromatic N) is 5. The van der Waals surface area contributed by atoms with Crippen molar-refractivity contribution in [2.75, 3.05) is 30.9 Å². The topological polar surface area (TPSA) is 103 Å². The van der Waals surface area contributed by atoms with Gasteiger partial charge in [-0.1, -0.05) is 30.0 Å². The lowest BCUT2D eigenvalue weighted by Gasteiger charge is -2.35. The highest BCUT2D eigenvalue weighted by atomic mass is 32.2. The molecule has 1 amide bonds. The van der Waals surface area contributed by atoms with Gasteiger partial charge in [0.25, 0.3) is 11.8 Å². The van der Waals surface area contributed by atoms with Crippen LogP contribution in [0.3, 0.4) is 0 Å². The number of methoxy groups -OCH3 is 1. The zero-order valence-electron chi connectivity index (χ0n) is 20.0. The Kier molecular flexibility index (Phi) is 6.52. The molecular formula is C26H22F2N6O2S. The molecule has 37 heavy (non-hydrogen) atoms. The third-order valence-electron chi connectivity index (χ3n) is 6.54. The van der Waals surface area contributed by atoms with Gasteiger partial charge in [-0.25, -0.2) is 14.4 Å². The molecule has 2 aliphatic rings. The summed E-state index contributed by atoms with van der Waals surface area (Å²) in [5, 5.41) is 12.7. The number of benzene rings is 2. The Morgan fingerprint density at radius 1 is 1.24 bits per heavy atom. The van der Waals surface area contributed by atoms with Gasteiger partial charge >= 0.3 is 0 Å². The maximum absolute atomic E-state index is 15.4. The summed E-state index contributed by atoms with van der Waals surface area (Å²) in [5.41, 5.74) is -0.00841. The van der Waals surface area contributed by atoms with Gasteiger partial charge in [-0.3, -0.25) is 4.79 Å². The quantitative estimate of drug-likeness (QED) is 0.558. The SMILES string of the molecule is COc1nc(N2C[C@H]3CSC(NC(=O)c4ccccc4)=N[C@@]3(c3cc(C#N)ccc3F)C2)nc(C)c1F. The number of rotatable bonds is 4. The molecule has 5 rings (SSSR count). The predicted octanol–water partition coefficient (Wildman–Crippen LogP) is 3.81. The van der Waals surface area contributed by atoms with Gasteiger partial charge in [-0.05, 0) is 37.3 Å². The number of hydrogen-bond acceptors (Lipinski definition) is 8. The first kappa shape index (κ1) is 24.6. The van der Waals surface area contributed by atoms with Crippen LogP contribution >= 0.6 is 11.8 Å². The van der Waals surface area contributed by atoms with Crippen LogP contribution in [0.1, 0.15) is 27.2 Å². The number of ether oxygens (including phenoxy) is 1. The average Bonchev–Trinajstić information content (AvgIpc) is 3.31. The van der Waals surface area contributed by atoms with E-state index in [4.69, 9.17) is 9.73 Å². The molecule has 1 saturated heterocycles. The summed E-state index contributed by atoms with van der Waals surface area (Å²) in [7, 11) is 1.32. The summed E-state index contributed by atoms with van der Waals surface area (Å²) in [4.78, 5) is 28.1. The Morgan fingerprint density at radius 2 is 2.03 bits per heavy atom. The second-order valence-electron chi connectivity index (χ2n) is 8.79. The summed E-state index contributed by atoms with van der Waals surface area (Å²) in [6, 6.07) is 14.9. The molecule has 2 aliphatic heterocycles. The maximum atomic E-state index is 15.4. The van der Waals surface area contributed by atoms with Crippen LogP contribution in [0.15, 0.2) is 53.5 Å². The molecule has 3 heterocycles. The third-order valence-corrected chi connectivity index (χ3v) is 7.58.